The van der Waals surface area contributed by atoms with Crippen molar-refractivity contribution in [1.82, 2.24) is 0 Å². The molecule has 0 atom stereocenters. The maximum atomic E-state index is 11.7. The van der Waals surface area contributed by atoms with Crippen molar-refractivity contribution >= 4 is 11.6 Å². The van der Waals surface area contributed by atoms with Gasteiger partial charge in [-0.25, -0.2) is 0 Å². The maximum Gasteiger partial charge on any atom is 0.228 e. The number of carbonyl (C=O) groups is 1. The molecule has 0 aliphatic carbocycles. The Kier molecular flexibility index (Phi) is 3.01. The van der Waals surface area contributed by atoms with E-state index in [1.807, 2.05) is 30.3 Å². The molecule has 4 rings (SSSR count). The monoisotopic (exact) mass is 285 g/mol. The molecule has 1 aliphatic heterocycles. The van der Waals surface area contributed by atoms with Crippen molar-refractivity contribution in [2.75, 3.05) is 5.32 Å². The predicted molar refractivity (Wildman–Crippen MR) is 89.6 cm³/mol. The summed E-state index contributed by atoms with van der Waals surface area (Å²) in [5.41, 5.74) is 6.70. The molecule has 106 valence electrons. The second-order valence-corrected chi connectivity index (χ2v) is 5.50. The molecule has 2 heteroatoms. The summed E-state index contributed by atoms with van der Waals surface area (Å²) in [5, 5.41) is 2.91. The lowest BCUT2D eigenvalue weighted by atomic mass is 9.95. The molecule has 3 aromatic carbocycles. The minimum atomic E-state index is 0.0710. The number of hydrogen-bond acceptors (Lipinski definition) is 1. The Morgan fingerprint density at radius 3 is 2.32 bits per heavy atom. The van der Waals surface area contributed by atoms with Crippen molar-refractivity contribution < 1.29 is 4.79 Å². The van der Waals surface area contributed by atoms with Crippen LogP contribution in [0.5, 0.6) is 0 Å². The highest BCUT2D eigenvalue weighted by molar-refractivity contribution is 6.01. The van der Waals surface area contributed by atoms with E-state index in [4.69, 9.17) is 0 Å². The fourth-order valence-corrected chi connectivity index (χ4v) is 3.02. The number of benzene rings is 3. The summed E-state index contributed by atoms with van der Waals surface area (Å²) >= 11 is 0. The Balaban J connectivity index is 1.82. The van der Waals surface area contributed by atoms with E-state index < -0.39 is 0 Å². The number of amides is 1. The fourth-order valence-electron chi connectivity index (χ4n) is 3.02. The van der Waals surface area contributed by atoms with Gasteiger partial charge in [-0.1, -0.05) is 60.7 Å². The first-order valence-corrected chi connectivity index (χ1v) is 7.39. The van der Waals surface area contributed by atoms with Gasteiger partial charge in [-0.15, -0.1) is 0 Å². The molecular formula is C20H15NO. The van der Waals surface area contributed by atoms with Crippen LogP contribution in [0.1, 0.15) is 5.56 Å². The van der Waals surface area contributed by atoms with Crippen LogP contribution in [-0.2, 0) is 11.2 Å². The highest BCUT2D eigenvalue weighted by atomic mass is 16.1. The lowest BCUT2D eigenvalue weighted by Crippen LogP contribution is -2.03. The summed E-state index contributed by atoms with van der Waals surface area (Å²) in [6.45, 7) is 0. The SMILES string of the molecule is O=C1Cc2c(cccc2-c2cccc(-c3ccccc3)c2)N1. The van der Waals surface area contributed by atoms with Crippen LogP contribution in [0, 0.1) is 0 Å². The largest absolute Gasteiger partial charge is 0.326 e. The first kappa shape index (κ1) is 12.8. The Morgan fingerprint density at radius 1 is 0.727 bits per heavy atom. The number of hydrogen-bond donors (Lipinski definition) is 1. The van der Waals surface area contributed by atoms with Crippen LogP contribution in [0.3, 0.4) is 0 Å². The highest BCUT2D eigenvalue weighted by Gasteiger charge is 2.20. The van der Waals surface area contributed by atoms with Gasteiger partial charge in [0, 0.05) is 5.69 Å². The third-order valence-electron chi connectivity index (χ3n) is 4.07. The zero-order valence-electron chi connectivity index (χ0n) is 12.0. The fraction of sp³-hybridized carbons (Fsp3) is 0.0500. The van der Waals surface area contributed by atoms with Crippen LogP contribution < -0.4 is 5.32 Å². The van der Waals surface area contributed by atoms with Gasteiger partial charge in [0.2, 0.25) is 5.91 Å². The van der Waals surface area contributed by atoms with E-state index in [1.165, 1.54) is 11.1 Å². The molecule has 1 amide bonds. The number of carbonyl (C=O) groups excluding carboxylic acids is 1. The van der Waals surface area contributed by atoms with E-state index in [0.717, 1.165) is 22.4 Å². The molecule has 0 saturated heterocycles. The van der Waals surface area contributed by atoms with Crippen LogP contribution in [-0.4, -0.2) is 5.91 Å². The topological polar surface area (TPSA) is 29.1 Å². The lowest BCUT2D eigenvalue weighted by molar-refractivity contribution is -0.115. The van der Waals surface area contributed by atoms with Crippen LogP contribution in [0.4, 0.5) is 5.69 Å². The maximum absolute atomic E-state index is 11.7. The molecule has 3 aromatic rings. The van der Waals surface area contributed by atoms with Crippen molar-refractivity contribution in [3.8, 4) is 22.3 Å². The molecule has 0 bridgehead atoms. The first-order chi connectivity index (χ1) is 10.8. The van der Waals surface area contributed by atoms with Crippen molar-refractivity contribution in [2.24, 2.45) is 0 Å². The van der Waals surface area contributed by atoms with Gasteiger partial charge in [0.05, 0.1) is 6.42 Å². The van der Waals surface area contributed by atoms with Crippen LogP contribution in [0.2, 0.25) is 0 Å². The highest BCUT2D eigenvalue weighted by Crippen LogP contribution is 2.34. The van der Waals surface area contributed by atoms with Crippen LogP contribution in [0.25, 0.3) is 22.3 Å². The summed E-state index contributed by atoms with van der Waals surface area (Å²) in [5.74, 6) is 0.0710. The minimum Gasteiger partial charge on any atom is -0.326 e. The van der Waals surface area contributed by atoms with Crippen LogP contribution in [0.15, 0.2) is 72.8 Å². The smallest absolute Gasteiger partial charge is 0.228 e. The molecule has 1 N–H and O–H groups in total. The molecule has 0 saturated carbocycles. The third kappa shape index (κ3) is 2.19. The Bertz CT molecular complexity index is 853. The van der Waals surface area contributed by atoms with E-state index in [-0.39, 0.29) is 5.91 Å². The van der Waals surface area contributed by atoms with Crippen molar-refractivity contribution in [1.29, 1.82) is 0 Å². The zero-order valence-corrected chi connectivity index (χ0v) is 12.0. The Labute approximate surface area is 129 Å². The normalized spacial score (nSPS) is 12.8. The standard InChI is InChI=1S/C20H15NO/c22-20-13-18-17(10-5-11-19(18)21-20)16-9-4-8-15(12-16)14-6-2-1-3-7-14/h1-12H,13H2,(H,21,22). The van der Waals surface area contributed by atoms with E-state index in [1.54, 1.807) is 0 Å². The van der Waals surface area contributed by atoms with E-state index in [0.29, 0.717) is 6.42 Å². The van der Waals surface area contributed by atoms with Gasteiger partial charge >= 0.3 is 0 Å². The van der Waals surface area contributed by atoms with Crippen molar-refractivity contribution in [2.45, 2.75) is 6.42 Å². The second kappa shape index (κ2) is 5.15. The quantitative estimate of drug-likeness (QED) is 0.737. The molecule has 1 aliphatic rings. The molecule has 0 radical (unpaired) electrons. The average Bonchev–Trinajstić information content (AvgIpc) is 2.96. The summed E-state index contributed by atoms with van der Waals surface area (Å²) < 4.78 is 0. The second-order valence-electron chi connectivity index (χ2n) is 5.50. The Morgan fingerprint density at radius 2 is 1.45 bits per heavy atom. The van der Waals surface area contributed by atoms with Crippen molar-refractivity contribution in [3.63, 3.8) is 0 Å². The van der Waals surface area contributed by atoms with Gasteiger partial charge in [0.1, 0.15) is 0 Å². The number of nitrogens with one attached hydrogen (secondary N) is 1. The zero-order chi connectivity index (χ0) is 14.9. The molecule has 0 fully saturated rings. The van der Waals surface area contributed by atoms with E-state index >= 15 is 0 Å². The molecule has 22 heavy (non-hydrogen) atoms. The first-order valence-electron chi connectivity index (χ1n) is 7.39. The van der Waals surface area contributed by atoms with E-state index in [9.17, 15) is 4.79 Å². The van der Waals surface area contributed by atoms with E-state index in [2.05, 4.69) is 47.8 Å². The van der Waals surface area contributed by atoms with Gasteiger partial charge in [-0.2, -0.15) is 0 Å². The van der Waals surface area contributed by atoms with Gasteiger partial charge in [-0.05, 0) is 39.9 Å². The van der Waals surface area contributed by atoms with Crippen molar-refractivity contribution in [3.05, 3.63) is 78.4 Å². The lowest BCUT2D eigenvalue weighted by Gasteiger charge is -2.09. The van der Waals surface area contributed by atoms with Crippen LogP contribution >= 0.6 is 0 Å². The van der Waals surface area contributed by atoms with Gasteiger partial charge in [0.15, 0.2) is 0 Å². The van der Waals surface area contributed by atoms with Gasteiger partial charge in [-0.3, -0.25) is 4.79 Å². The predicted octanol–water partition coefficient (Wildman–Crippen LogP) is 4.52. The minimum absolute atomic E-state index is 0.0710. The molecular weight excluding hydrogens is 270 g/mol. The molecule has 2 nitrogen and oxygen atoms in total. The third-order valence-corrected chi connectivity index (χ3v) is 4.07. The van der Waals surface area contributed by atoms with Gasteiger partial charge < -0.3 is 5.32 Å². The van der Waals surface area contributed by atoms with Gasteiger partial charge in [0.25, 0.3) is 0 Å². The summed E-state index contributed by atoms with van der Waals surface area (Å²) in [7, 11) is 0. The molecule has 0 spiro atoms. The summed E-state index contributed by atoms with van der Waals surface area (Å²) in [4.78, 5) is 11.7. The Hall–Kier alpha value is -2.87. The number of anilines is 1. The number of rotatable bonds is 2. The molecule has 0 unspecified atom stereocenters. The molecule has 0 aromatic heterocycles. The number of fused-ring (bicyclic) bond motifs is 1. The summed E-state index contributed by atoms with van der Waals surface area (Å²) in [6.07, 6.45) is 0.459. The average molecular weight is 285 g/mol. The molecule has 1 heterocycles. The summed E-state index contributed by atoms with van der Waals surface area (Å²) in [6, 6.07) is 24.9.